The summed E-state index contributed by atoms with van der Waals surface area (Å²) in [6.45, 7) is 0.949. The molecule has 0 radical (unpaired) electrons. The zero-order valence-corrected chi connectivity index (χ0v) is 23.1. The average Bonchev–Trinajstić information content (AvgIpc) is 2.84. The summed E-state index contributed by atoms with van der Waals surface area (Å²) in [6.07, 6.45) is -10.3. The van der Waals surface area contributed by atoms with E-state index in [1.807, 2.05) is 0 Å². The van der Waals surface area contributed by atoms with E-state index in [0.29, 0.717) is 6.42 Å². The first-order valence-electron chi connectivity index (χ1n) is 12.2. The number of unbranched alkanes of at least 4 members (excludes halogenated alkanes) is 3. The average molecular weight is 596 g/mol. The summed E-state index contributed by atoms with van der Waals surface area (Å²) in [5.74, 6) is 2.80. The second-order valence-electron chi connectivity index (χ2n) is 8.94. The topological polar surface area (TPSA) is 204 Å². The molecule has 2 rings (SSSR count). The third-order valence-corrected chi connectivity index (χ3v) is 7.96. The van der Waals surface area contributed by atoms with Crippen molar-refractivity contribution in [1.29, 1.82) is 0 Å². The molecule has 2 fully saturated rings. The Morgan fingerprint density at radius 3 is 2.19 bits per heavy atom. The minimum absolute atomic E-state index is 0.266. The number of hydrogen-bond donors (Lipinski definition) is 6. The monoisotopic (exact) mass is 595 g/mol. The molecular formula is C21H39O13S3-. The maximum absolute atomic E-state index is 11.0. The minimum atomic E-state index is -5.35. The fourth-order valence-electron chi connectivity index (χ4n) is 4.00. The highest BCUT2D eigenvalue weighted by Crippen LogP contribution is 2.31. The lowest BCUT2D eigenvalue weighted by atomic mass is 9.97. The lowest BCUT2D eigenvalue weighted by Gasteiger charge is -2.46. The second-order valence-corrected chi connectivity index (χ2v) is 11.6. The number of thiol groups is 1. The van der Waals surface area contributed by atoms with Gasteiger partial charge in [-0.05, 0) is 43.4 Å². The molecule has 0 bridgehead atoms. The highest BCUT2D eigenvalue weighted by atomic mass is 32.3. The number of ether oxygens (including phenoxy) is 4. The van der Waals surface area contributed by atoms with E-state index in [0.717, 1.165) is 30.1 Å². The van der Waals surface area contributed by atoms with E-state index in [9.17, 15) is 38.5 Å². The first-order chi connectivity index (χ1) is 17.5. The summed E-state index contributed by atoms with van der Waals surface area (Å²) >= 11 is 5.99. The van der Waals surface area contributed by atoms with Crippen molar-refractivity contribution in [3.8, 4) is 0 Å². The molecule has 10 atom stereocenters. The third kappa shape index (κ3) is 10.6. The van der Waals surface area contributed by atoms with Crippen molar-refractivity contribution >= 4 is 34.8 Å². The lowest BCUT2D eigenvalue weighted by Crippen LogP contribution is -2.64. The van der Waals surface area contributed by atoms with Crippen molar-refractivity contribution in [2.75, 3.05) is 30.5 Å². The quantitative estimate of drug-likeness (QED) is 0.0534. The van der Waals surface area contributed by atoms with Gasteiger partial charge >= 0.3 is 0 Å². The van der Waals surface area contributed by atoms with Gasteiger partial charge in [0.1, 0.15) is 42.7 Å². The fourth-order valence-corrected chi connectivity index (χ4v) is 5.66. The summed E-state index contributed by atoms with van der Waals surface area (Å²) in [5, 5.41) is 51.3. The van der Waals surface area contributed by atoms with Gasteiger partial charge in [-0.15, -0.1) is 0 Å². The van der Waals surface area contributed by atoms with Crippen molar-refractivity contribution in [3.05, 3.63) is 0 Å². The Balaban J connectivity index is 1.90. The van der Waals surface area contributed by atoms with Gasteiger partial charge in [0.25, 0.3) is 0 Å². The van der Waals surface area contributed by atoms with Crippen LogP contribution < -0.4 is 0 Å². The molecule has 0 aliphatic carbocycles. The summed E-state index contributed by atoms with van der Waals surface area (Å²) in [7, 11) is -5.35. The standard InChI is InChI=1S/C21H40O13S3/c1-12-14(23)18(16(25)20(31-12)30-7-6-10-36-9-5-3-2-4-8-35)33-21-17(26)19(34-37(27,28)29)15(24)13(11-22)32-21/h12-26,35H,2-11H2,1H3,(H,27,28,29)/p-1/t12-,13+,14+,15+,16-,17+,18+,19-,20+,21-/m0/s1. The van der Waals surface area contributed by atoms with Gasteiger partial charge in [0.2, 0.25) is 10.4 Å². The molecule has 5 N–H and O–H groups in total. The third-order valence-electron chi connectivity index (χ3n) is 6.04. The maximum atomic E-state index is 11.0. The molecule has 37 heavy (non-hydrogen) atoms. The molecule has 220 valence electrons. The molecule has 2 heterocycles. The molecule has 0 aromatic carbocycles. The van der Waals surface area contributed by atoms with Crippen LogP contribution in [0.1, 0.15) is 39.0 Å². The lowest BCUT2D eigenvalue weighted by molar-refractivity contribution is -0.355. The number of aliphatic hydroxyl groups is 5. The smallest absolute Gasteiger partial charge is 0.218 e. The second kappa shape index (κ2) is 16.5. The summed E-state index contributed by atoms with van der Waals surface area (Å²) in [5.41, 5.74) is 0. The molecule has 2 aliphatic heterocycles. The van der Waals surface area contributed by atoms with Gasteiger partial charge < -0.3 is 49.0 Å². The first-order valence-corrected chi connectivity index (χ1v) is 15.4. The van der Waals surface area contributed by atoms with Crippen LogP contribution in [0.5, 0.6) is 0 Å². The number of rotatable bonds is 16. The van der Waals surface area contributed by atoms with Gasteiger partial charge in [0, 0.05) is 0 Å². The van der Waals surface area contributed by atoms with E-state index in [2.05, 4.69) is 16.8 Å². The Kier molecular flexibility index (Phi) is 14.9. The van der Waals surface area contributed by atoms with Crippen LogP contribution in [0.3, 0.4) is 0 Å². The Morgan fingerprint density at radius 2 is 1.54 bits per heavy atom. The van der Waals surface area contributed by atoms with E-state index >= 15 is 0 Å². The van der Waals surface area contributed by atoms with Crippen LogP contribution in [0.4, 0.5) is 0 Å². The van der Waals surface area contributed by atoms with Crippen molar-refractivity contribution in [3.63, 3.8) is 0 Å². The van der Waals surface area contributed by atoms with Crippen LogP contribution in [-0.2, 0) is 33.5 Å². The normalized spacial score (nSPS) is 37.1. The summed E-state index contributed by atoms with van der Waals surface area (Å²) in [6, 6.07) is 0. The van der Waals surface area contributed by atoms with Gasteiger partial charge in [-0.25, -0.2) is 8.42 Å². The molecular weight excluding hydrogens is 556 g/mol. The maximum Gasteiger partial charge on any atom is 0.218 e. The van der Waals surface area contributed by atoms with Gasteiger partial charge in [0.05, 0.1) is 19.3 Å². The van der Waals surface area contributed by atoms with Gasteiger partial charge in [-0.1, -0.05) is 12.8 Å². The zero-order chi connectivity index (χ0) is 27.6. The van der Waals surface area contributed by atoms with E-state index in [1.165, 1.54) is 19.8 Å². The first kappa shape index (κ1) is 33.4. The Bertz CT molecular complexity index is 745. The Hall–Kier alpha value is 0.210. The van der Waals surface area contributed by atoms with Crippen molar-refractivity contribution in [2.24, 2.45) is 0 Å². The molecule has 2 saturated heterocycles. The van der Waals surface area contributed by atoms with Crippen molar-refractivity contribution in [2.45, 2.75) is 100 Å². The van der Waals surface area contributed by atoms with Crippen LogP contribution in [0.25, 0.3) is 0 Å². The van der Waals surface area contributed by atoms with E-state index in [4.69, 9.17) is 18.9 Å². The molecule has 0 spiro atoms. The van der Waals surface area contributed by atoms with E-state index < -0.39 is 78.4 Å². The number of hydrogen-bond acceptors (Lipinski definition) is 15. The van der Waals surface area contributed by atoms with Crippen molar-refractivity contribution in [1.82, 2.24) is 0 Å². The van der Waals surface area contributed by atoms with Crippen LogP contribution in [0.15, 0.2) is 0 Å². The predicted molar refractivity (Wildman–Crippen MR) is 134 cm³/mol. The summed E-state index contributed by atoms with van der Waals surface area (Å²) in [4.78, 5) is 0. The zero-order valence-electron chi connectivity index (χ0n) is 20.6. The minimum Gasteiger partial charge on any atom is -0.726 e. The molecule has 2 aliphatic rings. The van der Waals surface area contributed by atoms with Crippen LogP contribution in [0.2, 0.25) is 0 Å². The molecule has 0 aromatic heterocycles. The Morgan fingerprint density at radius 1 is 0.892 bits per heavy atom. The van der Waals surface area contributed by atoms with Gasteiger partial charge in [-0.2, -0.15) is 24.4 Å². The van der Waals surface area contributed by atoms with Crippen LogP contribution in [0, 0.1) is 0 Å². The highest BCUT2D eigenvalue weighted by molar-refractivity contribution is 7.99. The number of thioether (sulfide) groups is 1. The number of aliphatic hydroxyl groups excluding tert-OH is 5. The Labute approximate surface area is 227 Å². The van der Waals surface area contributed by atoms with E-state index in [-0.39, 0.29) is 6.61 Å². The predicted octanol–water partition coefficient (Wildman–Crippen LogP) is -1.25. The molecule has 0 aromatic rings. The van der Waals surface area contributed by atoms with Crippen LogP contribution in [-0.4, -0.2) is 130 Å². The largest absolute Gasteiger partial charge is 0.726 e. The SMILES string of the molecule is C[C@@H]1O[C@@H](OCCCSCCCCCCS)[C@@H](O)[C@H](O[C@@H]2O[C@H](CO)[C@@H](O)[C@H](OS(=O)(=O)[O-])[C@H]2O)[C@@H]1O. The fraction of sp³-hybridized carbons (Fsp3) is 1.00. The molecule has 13 nitrogen and oxygen atoms in total. The van der Waals surface area contributed by atoms with Crippen LogP contribution >= 0.6 is 24.4 Å². The van der Waals surface area contributed by atoms with Gasteiger partial charge in [0.15, 0.2) is 12.6 Å². The molecule has 16 heteroatoms. The van der Waals surface area contributed by atoms with Gasteiger partial charge in [-0.3, -0.25) is 4.18 Å². The molecule has 0 unspecified atom stereocenters. The summed E-state index contributed by atoms with van der Waals surface area (Å²) < 4.78 is 59.4. The molecule has 0 amide bonds. The highest BCUT2D eigenvalue weighted by Gasteiger charge is 2.51. The molecule has 0 saturated carbocycles. The van der Waals surface area contributed by atoms with E-state index in [1.54, 1.807) is 11.8 Å². The van der Waals surface area contributed by atoms with Crippen molar-refractivity contribution < 1.29 is 61.6 Å².